The first-order chi connectivity index (χ1) is 8.47. The van der Waals surface area contributed by atoms with Crippen molar-refractivity contribution in [1.82, 2.24) is 0 Å². The van der Waals surface area contributed by atoms with Crippen LogP contribution in [0, 0.1) is 39.4 Å². The molecule has 0 bridgehead atoms. The molecule has 0 radical (unpaired) electrons. The Morgan fingerprint density at radius 3 is 2.22 bits per heavy atom. The van der Waals surface area contributed by atoms with E-state index in [2.05, 4.69) is 0 Å². The van der Waals surface area contributed by atoms with Crippen molar-refractivity contribution >= 4 is 5.87 Å². The molecule has 0 unspecified atom stereocenters. The second kappa shape index (κ2) is 5.15. The van der Waals surface area contributed by atoms with Gasteiger partial charge in [-0.05, 0) is 29.4 Å². The normalized spacial score (nSPS) is 16.4. The van der Waals surface area contributed by atoms with E-state index in [1.54, 1.807) is 6.08 Å². The third kappa shape index (κ3) is 2.74. The Bertz CT molecular complexity index is 590. The lowest BCUT2D eigenvalue weighted by Gasteiger charge is -2.31. The Balaban J connectivity index is 3.44. The predicted octanol–water partition coefficient (Wildman–Crippen LogP) is 2.77. The van der Waals surface area contributed by atoms with E-state index in [1.165, 1.54) is 0 Å². The Kier molecular flexibility index (Phi) is 3.85. The molecule has 0 amide bonds. The lowest BCUT2D eigenvalue weighted by molar-refractivity contribution is 0.354. The molecule has 0 fully saturated rings. The van der Waals surface area contributed by atoms with Crippen LogP contribution in [0.2, 0.25) is 0 Å². The molecule has 1 aliphatic carbocycles. The summed E-state index contributed by atoms with van der Waals surface area (Å²) in [4.78, 5) is 0. The Morgan fingerprint density at radius 1 is 1.17 bits per heavy atom. The first kappa shape index (κ1) is 13.5. The molecular weight excluding hydrogens is 224 g/mol. The summed E-state index contributed by atoms with van der Waals surface area (Å²) in [6.07, 6.45) is 2.82. The molecule has 1 rings (SSSR count). The van der Waals surface area contributed by atoms with Gasteiger partial charge in [-0.2, -0.15) is 15.8 Å². The monoisotopic (exact) mass is 235 g/mol. The van der Waals surface area contributed by atoms with Gasteiger partial charge >= 0.3 is 0 Å². The van der Waals surface area contributed by atoms with E-state index in [-0.39, 0.29) is 16.6 Å². The number of nitrogens with zero attached hydrogens (tertiary/aromatic N) is 4. The molecule has 4 heteroatoms. The summed E-state index contributed by atoms with van der Waals surface area (Å²) in [6.45, 7) is 3.97. The number of hydrogen-bond acceptors (Lipinski definition) is 3. The maximum absolute atomic E-state index is 8.89. The largest absolute Gasteiger partial charge is 0.762 e. The molecule has 18 heavy (non-hydrogen) atoms. The molecule has 0 aromatic heterocycles. The van der Waals surface area contributed by atoms with Crippen molar-refractivity contribution in [2.24, 2.45) is 5.41 Å². The molecule has 0 N–H and O–H groups in total. The molecule has 0 aromatic rings. The first-order valence-electron chi connectivity index (χ1n) is 5.39. The summed E-state index contributed by atoms with van der Waals surface area (Å²) in [6, 6.07) is 5.56. The SMILES string of the molecule is CC1(C)CC(C(=C=[N-])C#N)=CC(=C(C#N)C#N)C1. The van der Waals surface area contributed by atoms with Crippen LogP contribution in [-0.4, -0.2) is 5.87 Å². The lowest BCUT2D eigenvalue weighted by atomic mass is 9.73. The summed E-state index contributed by atoms with van der Waals surface area (Å²) in [5.74, 6) is 1.85. The van der Waals surface area contributed by atoms with E-state index in [0.717, 1.165) is 0 Å². The van der Waals surface area contributed by atoms with Crippen LogP contribution >= 0.6 is 0 Å². The van der Waals surface area contributed by atoms with Gasteiger partial charge in [0.15, 0.2) is 0 Å². The minimum Gasteiger partial charge on any atom is -0.762 e. The van der Waals surface area contributed by atoms with Crippen LogP contribution in [0.15, 0.2) is 28.4 Å². The van der Waals surface area contributed by atoms with Crippen molar-refractivity contribution < 1.29 is 0 Å². The summed E-state index contributed by atoms with van der Waals surface area (Å²) < 4.78 is 0. The van der Waals surface area contributed by atoms with E-state index in [4.69, 9.17) is 21.2 Å². The van der Waals surface area contributed by atoms with Crippen LogP contribution in [0.4, 0.5) is 0 Å². The van der Waals surface area contributed by atoms with Gasteiger partial charge < -0.3 is 5.41 Å². The molecule has 0 aromatic carbocycles. The highest BCUT2D eigenvalue weighted by Gasteiger charge is 2.28. The molecule has 0 spiro atoms. The first-order valence-corrected chi connectivity index (χ1v) is 5.39. The molecule has 4 nitrogen and oxygen atoms in total. The highest BCUT2D eigenvalue weighted by atomic mass is 14.4. The maximum Gasteiger partial charge on any atom is 0.132 e. The third-order valence-electron chi connectivity index (χ3n) is 2.78. The molecule has 0 heterocycles. The minimum atomic E-state index is -0.169. The van der Waals surface area contributed by atoms with Crippen LogP contribution in [0.25, 0.3) is 5.41 Å². The van der Waals surface area contributed by atoms with Crippen molar-refractivity contribution in [2.45, 2.75) is 26.7 Å². The van der Waals surface area contributed by atoms with Crippen LogP contribution in [-0.2, 0) is 0 Å². The topological polar surface area (TPSA) is 93.7 Å². The van der Waals surface area contributed by atoms with E-state index >= 15 is 0 Å². The van der Waals surface area contributed by atoms with Gasteiger partial charge in [-0.1, -0.05) is 19.9 Å². The smallest absolute Gasteiger partial charge is 0.132 e. The predicted molar refractivity (Wildman–Crippen MR) is 66.8 cm³/mol. The molecular formula is C14H11N4-. The number of rotatable bonds is 1. The second-order valence-electron chi connectivity index (χ2n) is 4.91. The molecule has 0 saturated carbocycles. The molecule has 1 aliphatic rings. The van der Waals surface area contributed by atoms with Crippen molar-refractivity contribution in [2.75, 3.05) is 0 Å². The Hall–Kier alpha value is -2.60. The highest BCUT2D eigenvalue weighted by molar-refractivity contribution is 5.73. The average Bonchev–Trinajstić information content (AvgIpc) is 2.30. The molecule has 0 atom stereocenters. The maximum atomic E-state index is 8.89. The van der Waals surface area contributed by atoms with Gasteiger partial charge in [0.05, 0.1) is 5.57 Å². The third-order valence-corrected chi connectivity index (χ3v) is 2.78. The van der Waals surface area contributed by atoms with Crippen molar-refractivity contribution in [3.63, 3.8) is 0 Å². The fourth-order valence-corrected chi connectivity index (χ4v) is 2.06. The lowest BCUT2D eigenvalue weighted by Crippen LogP contribution is -2.18. The van der Waals surface area contributed by atoms with E-state index in [1.807, 2.05) is 37.9 Å². The number of nitriles is 3. The van der Waals surface area contributed by atoms with Gasteiger partial charge in [-0.3, -0.25) is 5.87 Å². The van der Waals surface area contributed by atoms with Gasteiger partial charge in [0.1, 0.15) is 23.8 Å². The van der Waals surface area contributed by atoms with Crippen molar-refractivity contribution in [1.29, 1.82) is 15.8 Å². The van der Waals surface area contributed by atoms with Gasteiger partial charge in [-0.25, -0.2) is 0 Å². The Labute approximate surface area is 106 Å². The second-order valence-corrected chi connectivity index (χ2v) is 4.91. The zero-order valence-corrected chi connectivity index (χ0v) is 10.3. The van der Waals surface area contributed by atoms with Crippen LogP contribution in [0.1, 0.15) is 26.7 Å². The van der Waals surface area contributed by atoms with Gasteiger partial charge in [0.25, 0.3) is 0 Å². The van der Waals surface area contributed by atoms with Crippen LogP contribution < -0.4 is 0 Å². The number of allylic oxidation sites excluding steroid dienone is 5. The zero-order chi connectivity index (χ0) is 13.8. The molecule has 0 saturated heterocycles. The minimum absolute atomic E-state index is 0.0514. The van der Waals surface area contributed by atoms with E-state index in [9.17, 15) is 0 Å². The molecule has 0 aliphatic heterocycles. The zero-order valence-electron chi connectivity index (χ0n) is 10.3. The molecule has 88 valence electrons. The van der Waals surface area contributed by atoms with Gasteiger partial charge in [0.2, 0.25) is 0 Å². The van der Waals surface area contributed by atoms with E-state index in [0.29, 0.717) is 24.0 Å². The van der Waals surface area contributed by atoms with Crippen LogP contribution in [0.3, 0.4) is 0 Å². The summed E-state index contributed by atoms with van der Waals surface area (Å²) in [7, 11) is 0. The van der Waals surface area contributed by atoms with Gasteiger partial charge in [0, 0.05) is 0 Å². The van der Waals surface area contributed by atoms with E-state index < -0.39 is 0 Å². The highest BCUT2D eigenvalue weighted by Crippen LogP contribution is 2.40. The summed E-state index contributed by atoms with van der Waals surface area (Å²) in [5.41, 5.74) is 1.15. The fourth-order valence-electron chi connectivity index (χ4n) is 2.06. The van der Waals surface area contributed by atoms with Crippen molar-refractivity contribution in [3.05, 3.63) is 33.8 Å². The summed E-state index contributed by atoms with van der Waals surface area (Å²) in [5, 5.41) is 35.6. The Morgan fingerprint density at radius 2 is 1.78 bits per heavy atom. The van der Waals surface area contributed by atoms with Gasteiger partial charge in [-0.15, -0.1) is 0 Å². The summed E-state index contributed by atoms with van der Waals surface area (Å²) >= 11 is 0. The quantitative estimate of drug-likeness (QED) is 0.516. The standard InChI is InChI=1S/C14H11N4/c1-14(2)4-10(12(6-15)7-16)3-11(5-14)13(8-17)9-18/h3H,4-5H2,1-2H3/q-1. The fraction of sp³-hybridized carbons (Fsp3) is 0.357. The number of hydrogen-bond donors (Lipinski definition) is 0. The van der Waals surface area contributed by atoms with Crippen molar-refractivity contribution in [3.8, 4) is 18.2 Å². The van der Waals surface area contributed by atoms with Crippen LogP contribution in [0.5, 0.6) is 0 Å². The average molecular weight is 235 g/mol.